The molecule has 4 saturated heterocycles. The Balaban J connectivity index is 1.79. The molecule has 0 unspecified atom stereocenters. The Morgan fingerprint density at radius 2 is 1.96 bits per heavy atom. The summed E-state index contributed by atoms with van der Waals surface area (Å²) in [6.07, 6.45) is 6.05. The van der Waals surface area contributed by atoms with Gasteiger partial charge in [-0.15, -0.1) is 0 Å². The van der Waals surface area contributed by atoms with E-state index in [1.807, 2.05) is 6.92 Å². The van der Waals surface area contributed by atoms with Gasteiger partial charge in [-0.1, -0.05) is 43.1 Å². The normalized spacial score (nSPS) is 52.3. The molecule has 0 amide bonds. The average Bonchev–Trinajstić information content (AvgIpc) is 2.77. The number of hydrogen-bond donors (Lipinski definition) is 0. The molecule has 0 aromatic rings. The summed E-state index contributed by atoms with van der Waals surface area (Å²) >= 11 is 3.77. The van der Waals surface area contributed by atoms with E-state index < -0.39 is 11.4 Å². The largest absolute Gasteiger partial charge is 0.465 e. The van der Waals surface area contributed by atoms with E-state index in [1.165, 1.54) is 10.9 Å². The smallest absolute Gasteiger partial charge is 0.235 e. The van der Waals surface area contributed by atoms with Gasteiger partial charge in [0.2, 0.25) is 12.1 Å². The van der Waals surface area contributed by atoms with Gasteiger partial charge >= 0.3 is 0 Å². The third-order valence-electron chi connectivity index (χ3n) is 6.76. The molecule has 5 rings (SSSR count). The van der Waals surface area contributed by atoms with Gasteiger partial charge in [-0.3, -0.25) is 0 Å². The van der Waals surface area contributed by atoms with E-state index in [0.29, 0.717) is 23.7 Å². The Labute approximate surface area is 153 Å². The van der Waals surface area contributed by atoms with Crippen molar-refractivity contribution in [3.63, 3.8) is 0 Å². The minimum absolute atomic E-state index is 0.312. The number of fused-ring (bicyclic) bond motifs is 2. The lowest BCUT2D eigenvalue weighted by Gasteiger charge is -2.59. The van der Waals surface area contributed by atoms with Crippen molar-refractivity contribution >= 4 is 15.9 Å². The fraction of sp³-hybridized carbons (Fsp3) is 0.895. The zero-order valence-electron chi connectivity index (χ0n) is 15.1. The second-order valence-electron chi connectivity index (χ2n) is 8.34. The van der Waals surface area contributed by atoms with Crippen LogP contribution in [0.5, 0.6) is 0 Å². The van der Waals surface area contributed by atoms with Gasteiger partial charge in [0, 0.05) is 28.7 Å². The Bertz CT molecular complexity index is 549. The van der Waals surface area contributed by atoms with Crippen LogP contribution in [0.3, 0.4) is 0 Å². The van der Waals surface area contributed by atoms with Crippen molar-refractivity contribution in [1.82, 2.24) is 0 Å². The van der Waals surface area contributed by atoms with Gasteiger partial charge in [-0.05, 0) is 38.5 Å². The van der Waals surface area contributed by atoms with E-state index >= 15 is 0 Å². The van der Waals surface area contributed by atoms with Crippen LogP contribution in [-0.2, 0) is 19.2 Å². The van der Waals surface area contributed by atoms with Crippen LogP contribution in [-0.4, -0.2) is 17.7 Å². The van der Waals surface area contributed by atoms with Gasteiger partial charge in [0.15, 0.2) is 5.60 Å². The quantitative estimate of drug-likeness (QED) is 0.591. The summed E-state index contributed by atoms with van der Waals surface area (Å²) in [5, 5.41) is 0. The maximum absolute atomic E-state index is 6.48. The van der Waals surface area contributed by atoms with E-state index in [-0.39, 0.29) is 6.29 Å². The first-order valence-electron chi connectivity index (χ1n) is 9.51. The number of halogens is 1. The highest BCUT2D eigenvalue weighted by Crippen LogP contribution is 2.61. The maximum atomic E-state index is 6.48. The molecule has 5 aliphatic rings. The Hall–Kier alpha value is -0.100. The number of allylic oxidation sites excluding steroid dienone is 2. The monoisotopic (exact) mass is 400 g/mol. The van der Waals surface area contributed by atoms with Crippen molar-refractivity contribution < 1.29 is 19.2 Å². The Morgan fingerprint density at radius 3 is 2.71 bits per heavy atom. The molecule has 2 bridgehead atoms. The molecule has 1 spiro atoms. The van der Waals surface area contributed by atoms with Crippen molar-refractivity contribution in [1.29, 1.82) is 0 Å². The second kappa shape index (κ2) is 5.97. The third-order valence-corrected chi connectivity index (χ3v) is 7.55. The summed E-state index contributed by atoms with van der Waals surface area (Å²) in [5.74, 6) is 2.09. The summed E-state index contributed by atoms with van der Waals surface area (Å²) in [6, 6.07) is 0. The molecule has 1 aliphatic carbocycles. The van der Waals surface area contributed by atoms with Crippen LogP contribution in [0.15, 0.2) is 10.2 Å². The molecule has 4 heterocycles. The first-order valence-corrected chi connectivity index (χ1v) is 10.3. The molecule has 5 fully saturated rings. The summed E-state index contributed by atoms with van der Waals surface area (Å²) in [5.41, 5.74) is -0.462. The van der Waals surface area contributed by atoms with Gasteiger partial charge in [0.05, 0.1) is 0 Å². The van der Waals surface area contributed by atoms with Crippen molar-refractivity contribution in [2.24, 2.45) is 23.7 Å². The fourth-order valence-corrected chi connectivity index (χ4v) is 6.30. The first kappa shape index (κ1) is 17.3. The standard InChI is InChI=1S/C19H29BrO4/c1-5-6-15(20)16-12(3)14-8-7-11(2)13-9-10-18(4)22-17(21-16)19(13,14)24-23-18/h11-14,17H,5-10H2,1-4H3/b16-15-/t11-,12-,13+,14+,17-,18+,19-/m1/s1. The van der Waals surface area contributed by atoms with Crippen molar-refractivity contribution in [2.45, 2.75) is 83.9 Å². The van der Waals surface area contributed by atoms with Crippen LogP contribution in [0, 0.1) is 23.7 Å². The highest BCUT2D eigenvalue weighted by atomic mass is 79.9. The lowest BCUT2D eigenvalue weighted by Crippen LogP contribution is -2.68. The van der Waals surface area contributed by atoms with Crippen molar-refractivity contribution in [3.05, 3.63) is 10.2 Å². The van der Waals surface area contributed by atoms with E-state index in [2.05, 4.69) is 36.7 Å². The van der Waals surface area contributed by atoms with Crippen LogP contribution >= 0.6 is 15.9 Å². The topological polar surface area (TPSA) is 36.9 Å². The van der Waals surface area contributed by atoms with Gasteiger partial charge in [-0.25, -0.2) is 9.78 Å². The predicted octanol–water partition coefficient (Wildman–Crippen LogP) is 5.27. The fourth-order valence-electron chi connectivity index (χ4n) is 5.44. The highest BCUT2D eigenvalue weighted by Gasteiger charge is 2.69. The molecular formula is C19H29BrO4. The molecule has 0 N–H and O–H groups in total. The third kappa shape index (κ3) is 2.34. The lowest BCUT2D eigenvalue weighted by molar-refractivity contribution is -0.562. The summed E-state index contributed by atoms with van der Waals surface area (Å²) in [4.78, 5) is 12.0. The summed E-state index contributed by atoms with van der Waals surface area (Å²) in [6.45, 7) is 8.79. The molecule has 0 radical (unpaired) electrons. The number of ether oxygens (including phenoxy) is 2. The summed E-state index contributed by atoms with van der Waals surface area (Å²) < 4.78 is 14.0. The molecule has 7 atom stereocenters. The van der Waals surface area contributed by atoms with Gasteiger partial charge in [0.1, 0.15) is 5.76 Å². The van der Waals surface area contributed by atoms with Crippen LogP contribution < -0.4 is 0 Å². The molecule has 136 valence electrons. The van der Waals surface area contributed by atoms with Gasteiger partial charge < -0.3 is 9.47 Å². The van der Waals surface area contributed by atoms with Crippen molar-refractivity contribution in [3.8, 4) is 0 Å². The first-order chi connectivity index (χ1) is 11.4. The minimum atomic E-state index is -0.694. The molecule has 0 aromatic heterocycles. The van der Waals surface area contributed by atoms with Crippen LogP contribution in [0.4, 0.5) is 0 Å². The second-order valence-corrected chi connectivity index (χ2v) is 9.29. The maximum Gasteiger partial charge on any atom is 0.235 e. The molecule has 1 saturated carbocycles. The van der Waals surface area contributed by atoms with Gasteiger partial charge in [-0.2, -0.15) is 0 Å². The lowest BCUT2D eigenvalue weighted by atomic mass is 9.58. The van der Waals surface area contributed by atoms with Gasteiger partial charge in [0.25, 0.3) is 0 Å². The van der Waals surface area contributed by atoms with E-state index in [0.717, 1.165) is 37.9 Å². The SMILES string of the molecule is CCC/C(Br)=C1/O[C@@H]2O[C@]3(C)CC[C@H]4[C@H](C)CC[C@@H]([C@H]1C)[C@@]24OO3. The Morgan fingerprint density at radius 1 is 1.17 bits per heavy atom. The minimum Gasteiger partial charge on any atom is -0.465 e. The number of hydrogen-bond acceptors (Lipinski definition) is 4. The van der Waals surface area contributed by atoms with Crippen LogP contribution in [0.1, 0.15) is 66.2 Å². The number of rotatable bonds is 2. The highest BCUT2D eigenvalue weighted by molar-refractivity contribution is 9.11. The molecular weight excluding hydrogens is 372 g/mol. The molecule has 5 heteroatoms. The van der Waals surface area contributed by atoms with E-state index in [1.54, 1.807) is 0 Å². The molecule has 4 nitrogen and oxygen atoms in total. The molecule has 24 heavy (non-hydrogen) atoms. The van der Waals surface area contributed by atoms with Crippen LogP contribution in [0.25, 0.3) is 0 Å². The average molecular weight is 401 g/mol. The van der Waals surface area contributed by atoms with E-state index in [4.69, 9.17) is 19.2 Å². The molecule has 4 aliphatic heterocycles. The van der Waals surface area contributed by atoms with E-state index in [9.17, 15) is 0 Å². The summed E-state index contributed by atoms with van der Waals surface area (Å²) in [7, 11) is 0. The predicted molar refractivity (Wildman–Crippen MR) is 93.9 cm³/mol. The van der Waals surface area contributed by atoms with Crippen molar-refractivity contribution in [2.75, 3.05) is 0 Å². The zero-order chi connectivity index (χ0) is 17.1. The van der Waals surface area contributed by atoms with Crippen LogP contribution in [0.2, 0.25) is 0 Å². The Kier molecular flexibility index (Phi) is 4.31. The molecule has 0 aromatic carbocycles. The zero-order valence-corrected chi connectivity index (χ0v) is 16.7.